The molecular weight excluding hydrogens is 258 g/mol. The molecule has 6 heteroatoms. The Kier molecular flexibility index (Phi) is 3.74. The van der Waals surface area contributed by atoms with Crippen molar-refractivity contribution in [3.63, 3.8) is 0 Å². The fourth-order valence-corrected chi connectivity index (χ4v) is 1.65. The van der Waals surface area contributed by atoms with E-state index < -0.39 is 5.97 Å². The molecule has 0 bridgehead atoms. The van der Waals surface area contributed by atoms with Crippen molar-refractivity contribution in [2.75, 3.05) is 5.32 Å². The molecule has 0 fully saturated rings. The van der Waals surface area contributed by atoms with Crippen LogP contribution < -0.4 is 5.32 Å². The fourth-order valence-electron chi connectivity index (χ4n) is 1.65. The SMILES string of the molecule is CC(=O)c1ccc(Nc2nc(C)cc(C(=O)O)n2)cc1. The van der Waals surface area contributed by atoms with E-state index in [9.17, 15) is 9.59 Å². The van der Waals surface area contributed by atoms with Crippen LogP contribution in [0.3, 0.4) is 0 Å². The molecule has 0 amide bonds. The van der Waals surface area contributed by atoms with E-state index in [-0.39, 0.29) is 17.4 Å². The number of hydrogen-bond donors (Lipinski definition) is 2. The molecule has 1 aromatic carbocycles. The molecule has 2 N–H and O–H groups in total. The zero-order chi connectivity index (χ0) is 14.7. The van der Waals surface area contributed by atoms with E-state index in [2.05, 4.69) is 15.3 Å². The van der Waals surface area contributed by atoms with Crippen LogP contribution in [0.4, 0.5) is 11.6 Å². The topological polar surface area (TPSA) is 92.2 Å². The van der Waals surface area contributed by atoms with Gasteiger partial charge in [0.15, 0.2) is 11.5 Å². The number of aryl methyl sites for hydroxylation is 1. The molecule has 0 spiro atoms. The average molecular weight is 271 g/mol. The molecule has 2 aromatic rings. The Morgan fingerprint density at radius 3 is 2.35 bits per heavy atom. The number of carboxylic acid groups (broad SMARTS) is 1. The van der Waals surface area contributed by atoms with Crippen LogP contribution in [-0.4, -0.2) is 26.8 Å². The van der Waals surface area contributed by atoms with Gasteiger partial charge in [0.2, 0.25) is 5.95 Å². The van der Waals surface area contributed by atoms with Gasteiger partial charge in [-0.1, -0.05) is 0 Å². The average Bonchev–Trinajstić information content (AvgIpc) is 2.38. The van der Waals surface area contributed by atoms with Crippen molar-refractivity contribution >= 4 is 23.4 Å². The van der Waals surface area contributed by atoms with Crippen molar-refractivity contribution in [3.05, 3.63) is 47.3 Å². The van der Waals surface area contributed by atoms with Gasteiger partial charge in [-0.3, -0.25) is 4.79 Å². The normalized spacial score (nSPS) is 10.1. The quantitative estimate of drug-likeness (QED) is 0.830. The predicted molar refractivity (Wildman–Crippen MR) is 73.5 cm³/mol. The van der Waals surface area contributed by atoms with Gasteiger partial charge in [0.25, 0.3) is 0 Å². The van der Waals surface area contributed by atoms with Gasteiger partial charge in [-0.05, 0) is 44.2 Å². The molecule has 0 unspecified atom stereocenters. The van der Waals surface area contributed by atoms with Gasteiger partial charge in [-0.25, -0.2) is 14.8 Å². The summed E-state index contributed by atoms with van der Waals surface area (Å²) in [6.45, 7) is 3.18. The molecule has 0 aliphatic heterocycles. The lowest BCUT2D eigenvalue weighted by molar-refractivity contribution is 0.0690. The second kappa shape index (κ2) is 5.48. The van der Waals surface area contributed by atoms with E-state index in [1.165, 1.54) is 13.0 Å². The van der Waals surface area contributed by atoms with Crippen LogP contribution >= 0.6 is 0 Å². The standard InChI is InChI=1S/C14H13N3O3/c1-8-7-12(13(19)20)17-14(15-8)16-11-5-3-10(4-6-11)9(2)18/h3-7H,1-2H3,(H,19,20)(H,15,16,17). The lowest BCUT2D eigenvalue weighted by atomic mass is 10.1. The lowest BCUT2D eigenvalue weighted by Gasteiger charge is -2.07. The second-order valence-electron chi connectivity index (χ2n) is 4.28. The Bertz CT molecular complexity index is 666. The van der Waals surface area contributed by atoms with E-state index in [4.69, 9.17) is 5.11 Å². The summed E-state index contributed by atoms with van der Waals surface area (Å²) in [6.07, 6.45) is 0. The third-order valence-electron chi connectivity index (χ3n) is 2.62. The van der Waals surface area contributed by atoms with Gasteiger partial charge in [0.05, 0.1) is 0 Å². The Balaban J connectivity index is 2.25. The molecule has 0 radical (unpaired) electrons. The van der Waals surface area contributed by atoms with Crippen molar-refractivity contribution in [2.24, 2.45) is 0 Å². The molecule has 0 saturated heterocycles. The summed E-state index contributed by atoms with van der Waals surface area (Å²) in [4.78, 5) is 30.1. The number of aromatic nitrogens is 2. The molecule has 0 aliphatic carbocycles. The van der Waals surface area contributed by atoms with Gasteiger partial charge in [0, 0.05) is 16.9 Å². The Morgan fingerprint density at radius 1 is 1.15 bits per heavy atom. The largest absolute Gasteiger partial charge is 0.477 e. The lowest BCUT2D eigenvalue weighted by Crippen LogP contribution is -2.06. The molecule has 0 saturated carbocycles. The van der Waals surface area contributed by atoms with E-state index >= 15 is 0 Å². The first kappa shape index (κ1) is 13.7. The van der Waals surface area contributed by atoms with Crippen LogP contribution in [0.2, 0.25) is 0 Å². The molecule has 2 rings (SSSR count). The van der Waals surface area contributed by atoms with Crippen LogP contribution in [0.25, 0.3) is 0 Å². The van der Waals surface area contributed by atoms with Crippen molar-refractivity contribution in [1.82, 2.24) is 9.97 Å². The van der Waals surface area contributed by atoms with Crippen LogP contribution in [0.15, 0.2) is 30.3 Å². The number of carbonyl (C=O) groups excluding carboxylic acids is 1. The zero-order valence-corrected chi connectivity index (χ0v) is 11.0. The van der Waals surface area contributed by atoms with Gasteiger partial charge < -0.3 is 10.4 Å². The van der Waals surface area contributed by atoms with E-state index in [0.29, 0.717) is 16.9 Å². The maximum absolute atomic E-state index is 11.2. The molecule has 1 heterocycles. The number of rotatable bonds is 4. The number of Topliss-reactive ketones (excluding diaryl/α,β-unsaturated/α-hetero) is 1. The minimum atomic E-state index is -1.11. The maximum Gasteiger partial charge on any atom is 0.354 e. The van der Waals surface area contributed by atoms with E-state index in [1.807, 2.05) is 0 Å². The second-order valence-corrected chi connectivity index (χ2v) is 4.28. The van der Waals surface area contributed by atoms with Crippen LogP contribution in [0.5, 0.6) is 0 Å². The number of ketones is 1. The molecular formula is C14H13N3O3. The van der Waals surface area contributed by atoms with Crippen molar-refractivity contribution < 1.29 is 14.7 Å². The Morgan fingerprint density at radius 2 is 1.80 bits per heavy atom. The Hall–Kier alpha value is -2.76. The highest BCUT2D eigenvalue weighted by molar-refractivity contribution is 5.94. The number of hydrogen-bond acceptors (Lipinski definition) is 5. The molecule has 0 atom stereocenters. The first-order chi connectivity index (χ1) is 9.45. The molecule has 20 heavy (non-hydrogen) atoms. The highest BCUT2D eigenvalue weighted by atomic mass is 16.4. The molecule has 6 nitrogen and oxygen atoms in total. The number of anilines is 2. The first-order valence-electron chi connectivity index (χ1n) is 5.92. The minimum Gasteiger partial charge on any atom is -0.477 e. The highest BCUT2D eigenvalue weighted by Gasteiger charge is 2.09. The van der Waals surface area contributed by atoms with Crippen molar-refractivity contribution in [2.45, 2.75) is 13.8 Å². The summed E-state index contributed by atoms with van der Waals surface area (Å²) in [7, 11) is 0. The number of nitrogens with one attached hydrogen (secondary N) is 1. The van der Waals surface area contributed by atoms with Crippen LogP contribution in [0.1, 0.15) is 33.5 Å². The smallest absolute Gasteiger partial charge is 0.354 e. The zero-order valence-electron chi connectivity index (χ0n) is 11.0. The minimum absolute atomic E-state index is 0.0171. The molecule has 102 valence electrons. The van der Waals surface area contributed by atoms with E-state index in [1.54, 1.807) is 31.2 Å². The summed E-state index contributed by atoms with van der Waals surface area (Å²) in [5, 5.41) is 11.9. The monoisotopic (exact) mass is 271 g/mol. The molecule has 0 aliphatic rings. The number of aromatic carboxylic acids is 1. The van der Waals surface area contributed by atoms with Gasteiger partial charge in [0.1, 0.15) is 0 Å². The van der Waals surface area contributed by atoms with Crippen molar-refractivity contribution in [3.8, 4) is 0 Å². The maximum atomic E-state index is 11.2. The van der Waals surface area contributed by atoms with Crippen molar-refractivity contribution in [1.29, 1.82) is 0 Å². The summed E-state index contributed by atoms with van der Waals surface area (Å²) < 4.78 is 0. The summed E-state index contributed by atoms with van der Waals surface area (Å²) in [5.41, 5.74) is 1.77. The van der Waals surface area contributed by atoms with Crippen LogP contribution in [0, 0.1) is 6.92 Å². The summed E-state index contributed by atoms with van der Waals surface area (Å²) in [6, 6.07) is 8.18. The number of nitrogens with zero attached hydrogens (tertiary/aromatic N) is 2. The fraction of sp³-hybridized carbons (Fsp3) is 0.143. The van der Waals surface area contributed by atoms with E-state index in [0.717, 1.165) is 0 Å². The van der Waals surface area contributed by atoms with Gasteiger partial charge in [-0.15, -0.1) is 0 Å². The third kappa shape index (κ3) is 3.17. The Labute approximate surface area is 115 Å². The highest BCUT2D eigenvalue weighted by Crippen LogP contribution is 2.15. The first-order valence-corrected chi connectivity index (χ1v) is 5.92. The molecule has 1 aromatic heterocycles. The number of carbonyl (C=O) groups is 2. The number of benzene rings is 1. The van der Waals surface area contributed by atoms with Gasteiger partial charge in [-0.2, -0.15) is 0 Å². The summed E-state index contributed by atoms with van der Waals surface area (Å²) >= 11 is 0. The summed E-state index contributed by atoms with van der Waals surface area (Å²) in [5.74, 6) is -0.917. The van der Waals surface area contributed by atoms with Gasteiger partial charge >= 0.3 is 5.97 Å². The predicted octanol–water partition coefficient (Wildman–Crippen LogP) is 2.43. The number of carboxylic acids is 1. The van der Waals surface area contributed by atoms with Crippen LogP contribution in [-0.2, 0) is 0 Å². The third-order valence-corrected chi connectivity index (χ3v) is 2.62.